The van der Waals surface area contributed by atoms with Crippen LogP contribution >= 0.6 is 0 Å². The van der Waals surface area contributed by atoms with Crippen LogP contribution in [0.1, 0.15) is 51.9 Å². The molecule has 1 aliphatic carbocycles. The topological polar surface area (TPSA) is 35.6 Å². The smallest absolute Gasteiger partial charge is 0.220 e. The average molecular weight is 358 g/mol. The quantitative estimate of drug-likeness (QED) is 0.809. The molecule has 0 bridgehead atoms. The molecule has 1 saturated heterocycles. The van der Waals surface area contributed by atoms with E-state index in [-0.39, 0.29) is 11.9 Å². The molecule has 1 aromatic rings. The Bertz CT molecular complexity index is 534. The zero-order chi connectivity index (χ0) is 18.2. The van der Waals surface area contributed by atoms with E-state index in [0.717, 1.165) is 45.6 Å². The number of carbonyl (C=O) groups excluding carboxylic acids is 1. The monoisotopic (exact) mass is 357 g/mol. The number of nitrogens with one attached hydrogen (secondary N) is 1. The molecule has 3 rings (SSSR count). The van der Waals surface area contributed by atoms with Crippen LogP contribution in [0.3, 0.4) is 0 Å². The molecule has 144 valence electrons. The highest BCUT2D eigenvalue weighted by molar-refractivity contribution is 5.76. The van der Waals surface area contributed by atoms with E-state index in [9.17, 15) is 4.79 Å². The van der Waals surface area contributed by atoms with Crippen LogP contribution in [-0.4, -0.2) is 49.6 Å². The largest absolute Gasteiger partial charge is 0.369 e. The van der Waals surface area contributed by atoms with Crippen LogP contribution in [0.4, 0.5) is 5.69 Å². The number of hydrogen-bond donors (Lipinski definition) is 1. The lowest BCUT2D eigenvalue weighted by Crippen LogP contribution is -2.47. The zero-order valence-corrected chi connectivity index (χ0v) is 16.3. The van der Waals surface area contributed by atoms with Crippen LogP contribution in [0, 0.1) is 5.92 Å². The van der Waals surface area contributed by atoms with Crippen molar-refractivity contribution in [2.75, 3.05) is 37.6 Å². The second kappa shape index (κ2) is 9.96. The van der Waals surface area contributed by atoms with Gasteiger partial charge >= 0.3 is 0 Å². The Morgan fingerprint density at radius 3 is 2.46 bits per heavy atom. The van der Waals surface area contributed by atoms with Gasteiger partial charge in [0, 0.05) is 50.9 Å². The SMILES string of the molecule is C[C@H](CCN1CCN(c2ccccc2)CC1)NC(=O)CC1CCCCC1. The molecule has 1 aromatic carbocycles. The van der Waals surface area contributed by atoms with Gasteiger partial charge in [0.2, 0.25) is 5.91 Å². The Morgan fingerprint density at radius 1 is 1.08 bits per heavy atom. The standard InChI is InChI=1S/C22H35N3O/c1-19(23-22(26)18-20-8-4-2-5-9-20)12-13-24-14-16-25(17-15-24)21-10-6-3-7-11-21/h3,6-7,10-11,19-20H,2,4-5,8-9,12-18H2,1H3,(H,23,26)/t19-/m1/s1. The van der Waals surface area contributed by atoms with Crippen molar-refractivity contribution in [1.29, 1.82) is 0 Å². The van der Waals surface area contributed by atoms with Crippen molar-refractivity contribution in [3.63, 3.8) is 0 Å². The van der Waals surface area contributed by atoms with Crippen LogP contribution in [0.15, 0.2) is 30.3 Å². The van der Waals surface area contributed by atoms with E-state index in [2.05, 4.69) is 52.4 Å². The number of rotatable bonds is 7. The molecule has 1 N–H and O–H groups in total. The van der Waals surface area contributed by atoms with E-state index in [0.29, 0.717) is 5.92 Å². The third kappa shape index (κ3) is 6.01. The number of amides is 1. The van der Waals surface area contributed by atoms with E-state index in [1.165, 1.54) is 37.8 Å². The molecule has 2 aliphatic rings. The molecule has 4 heteroatoms. The highest BCUT2D eigenvalue weighted by Gasteiger charge is 2.20. The lowest BCUT2D eigenvalue weighted by Gasteiger charge is -2.36. The lowest BCUT2D eigenvalue weighted by molar-refractivity contribution is -0.122. The van der Waals surface area contributed by atoms with Crippen molar-refractivity contribution in [3.8, 4) is 0 Å². The minimum absolute atomic E-state index is 0.262. The Kier molecular flexibility index (Phi) is 7.36. The molecular formula is C22H35N3O. The third-order valence-electron chi connectivity index (χ3n) is 5.98. The summed E-state index contributed by atoms with van der Waals surface area (Å²) in [6, 6.07) is 11.0. The molecule has 4 nitrogen and oxygen atoms in total. The number of nitrogens with zero attached hydrogens (tertiary/aromatic N) is 2. The van der Waals surface area contributed by atoms with Gasteiger partial charge in [-0.1, -0.05) is 37.5 Å². The summed E-state index contributed by atoms with van der Waals surface area (Å²) in [5.41, 5.74) is 1.33. The molecule has 2 fully saturated rings. The number of anilines is 1. The van der Waals surface area contributed by atoms with E-state index >= 15 is 0 Å². The Morgan fingerprint density at radius 2 is 1.77 bits per heavy atom. The fourth-order valence-corrected chi connectivity index (χ4v) is 4.30. The zero-order valence-electron chi connectivity index (χ0n) is 16.3. The minimum atomic E-state index is 0.262. The fraction of sp³-hybridized carbons (Fsp3) is 0.682. The average Bonchev–Trinajstić information content (AvgIpc) is 2.68. The molecule has 1 heterocycles. The number of para-hydroxylation sites is 1. The highest BCUT2D eigenvalue weighted by Crippen LogP contribution is 2.26. The summed E-state index contributed by atoms with van der Waals surface area (Å²) in [5, 5.41) is 3.23. The molecule has 0 spiro atoms. The Balaban J connectivity index is 1.31. The maximum absolute atomic E-state index is 12.2. The molecule has 1 saturated carbocycles. The Labute approximate surface area is 158 Å². The summed E-state index contributed by atoms with van der Waals surface area (Å²) in [7, 11) is 0. The van der Waals surface area contributed by atoms with Crippen molar-refractivity contribution in [2.45, 2.75) is 57.9 Å². The number of hydrogen-bond acceptors (Lipinski definition) is 3. The molecule has 1 amide bonds. The molecule has 0 aromatic heterocycles. The van der Waals surface area contributed by atoms with E-state index in [1.807, 2.05) is 0 Å². The normalized spacial score (nSPS) is 20.7. The van der Waals surface area contributed by atoms with Crippen molar-refractivity contribution >= 4 is 11.6 Å². The van der Waals surface area contributed by atoms with Gasteiger partial charge in [-0.05, 0) is 44.2 Å². The Hall–Kier alpha value is -1.55. The van der Waals surface area contributed by atoms with Crippen LogP contribution in [-0.2, 0) is 4.79 Å². The summed E-state index contributed by atoms with van der Waals surface area (Å²) < 4.78 is 0. The first-order valence-electron chi connectivity index (χ1n) is 10.5. The minimum Gasteiger partial charge on any atom is -0.369 e. The fourth-order valence-electron chi connectivity index (χ4n) is 4.30. The number of piperazine rings is 1. The first kappa shape index (κ1) is 19.2. The summed E-state index contributed by atoms with van der Waals surface area (Å²) in [6.45, 7) is 7.63. The molecule has 0 unspecified atom stereocenters. The van der Waals surface area contributed by atoms with Crippen molar-refractivity contribution < 1.29 is 4.79 Å². The van der Waals surface area contributed by atoms with Crippen LogP contribution < -0.4 is 10.2 Å². The van der Waals surface area contributed by atoms with Gasteiger partial charge in [-0.3, -0.25) is 9.69 Å². The third-order valence-corrected chi connectivity index (χ3v) is 5.98. The van der Waals surface area contributed by atoms with E-state index in [1.54, 1.807) is 0 Å². The lowest BCUT2D eigenvalue weighted by atomic mass is 9.87. The molecule has 26 heavy (non-hydrogen) atoms. The predicted molar refractivity (Wildman–Crippen MR) is 109 cm³/mol. The molecule has 1 atom stereocenters. The van der Waals surface area contributed by atoms with Crippen LogP contribution in [0.2, 0.25) is 0 Å². The number of benzene rings is 1. The maximum Gasteiger partial charge on any atom is 0.220 e. The summed E-state index contributed by atoms with van der Waals surface area (Å²) in [5.74, 6) is 0.889. The molecule has 0 radical (unpaired) electrons. The molecular weight excluding hydrogens is 322 g/mol. The molecule has 1 aliphatic heterocycles. The van der Waals surface area contributed by atoms with Crippen LogP contribution in [0.5, 0.6) is 0 Å². The van der Waals surface area contributed by atoms with Gasteiger partial charge in [0.15, 0.2) is 0 Å². The predicted octanol–water partition coefficient (Wildman–Crippen LogP) is 3.67. The second-order valence-electron chi connectivity index (χ2n) is 8.13. The summed E-state index contributed by atoms with van der Waals surface area (Å²) in [4.78, 5) is 17.2. The van der Waals surface area contributed by atoms with Gasteiger partial charge in [-0.2, -0.15) is 0 Å². The first-order chi connectivity index (χ1) is 12.7. The summed E-state index contributed by atoms with van der Waals surface area (Å²) >= 11 is 0. The van der Waals surface area contributed by atoms with E-state index < -0.39 is 0 Å². The van der Waals surface area contributed by atoms with Gasteiger partial charge in [-0.15, -0.1) is 0 Å². The first-order valence-corrected chi connectivity index (χ1v) is 10.5. The van der Waals surface area contributed by atoms with Gasteiger partial charge in [0.05, 0.1) is 0 Å². The summed E-state index contributed by atoms with van der Waals surface area (Å²) in [6.07, 6.45) is 8.24. The van der Waals surface area contributed by atoms with Crippen molar-refractivity contribution in [2.24, 2.45) is 5.92 Å². The van der Waals surface area contributed by atoms with Gasteiger partial charge in [-0.25, -0.2) is 0 Å². The maximum atomic E-state index is 12.2. The number of carbonyl (C=O) groups is 1. The van der Waals surface area contributed by atoms with Crippen molar-refractivity contribution in [1.82, 2.24) is 10.2 Å². The highest BCUT2D eigenvalue weighted by atomic mass is 16.1. The second-order valence-corrected chi connectivity index (χ2v) is 8.13. The van der Waals surface area contributed by atoms with Crippen LogP contribution in [0.25, 0.3) is 0 Å². The van der Waals surface area contributed by atoms with Gasteiger partial charge in [0.25, 0.3) is 0 Å². The van der Waals surface area contributed by atoms with E-state index in [4.69, 9.17) is 0 Å². The van der Waals surface area contributed by atoms with Crippen molar-refractivity contribution in [3.05, 3.63) is 30.3 Å². The van der Waals surface area contributed by atoms with Gasteiger partial charge in [0.1, 0.15) is 0 Å². The van der Waals surface area contributed by atoms with Gasteiger partial charge < -0.3 is 10.2 Å².